The van der Waals surface area contributed by atoms with Gasteiger partial charge in [0.05, 0.1) is 40.3 Å². The summed E-state index contributed by atoms with van der Waals surface area (Å²) in [6.45, 7) is 4.81. The van der Waals surface area contributed by atoms with Gasteiger partial charge in [0.25, 0.3) is 0 Å². The highest BCUT2D eigenvalue weighted by Gasteiger charge is 2.22. The molecule has 0 aromatic carbocycles. The normalized spacial score (nSPS) is 12.8. The number of quaternary nitrogens is 1. The van der Waals surface area contributed by atoms with Crippen LogP contribution < -0.4 is 5.11 Å². The van der Waals surface area contributed by atoms with Gasteiger partial charge in [-0.2, -0.15) is 0 Å². The number of allylic oxidation sites excluding steroid dienone is 8. The number of likely N-dealkylation sites (N-methyl/N-ethyl adjacent to an activating group) is 1. The van der Waals surface area contributed by atoms with E-state index < -0.39 is 24.3 Å². The molecule has 0 amide bonds. The number of unbranched alkanes of at least 4 members (excludes halogenated alkanes) is 54. The lowest BCUT2D eigenvalue weighted by atomic mass is 10.0. The highest BCUT2D eigenvalue weighted by molar-refractivity contribution is 5.70. The van der Waals surface area contributed by atoms with Gasteiger partial charge in [-0.3, -0.25) is 9.59 Å². The van der Waals surface area contributed by atoms with Crippen molar-refractivity contribution < 1.29 is 42.9 Å². The standard InChI is InChI=1S/C84H157NO8/c1-6-8-10-12-14-16-18-20-22-24-26-28-30-32-34-36-37-38-39-40-41-42-43-44-45-47-49-51-53-55-57-59-61-63-65-67-69-71-73-75-82(87)93-80(79-92-84(83(88)89)90-77-76-85(3,4)5)78-91-81(86)74-72-70-68-66-64-62-60-58-56-54-52-50-48-46-35-33-31-29-27-25-23-21-19-17-15-13-11-9-7-2/h18,20,24-27,30,32,80,84H,6-17,19,21-23,28-29,31,33-79H2,1-5H3/b20-18-,26-24-,27-25-,32-30-. The number of carboxylic acids is 1. The van der Waals surface area contributed by atoms with Crippen LogP contribution in [-0.4, -0.2) is 82.3 Å². The number of ether oxygens (including phenoxy) is 4. The fourth-order valence-corrected chi connectivity index (χ4v) is 12.3. The smallest absolute Gasteiger partial charge is 0.306 e. The van der Waals surface area contributed by atoms with Gasteiger partial charge >= 0.3 is 11.9 Å². The van der Waals surface area contributed by atoms with Gasteiger partial charge in [-0.15, -0.1) is 0 Å². The third kappa shape index (κ3) is 76.5. The Bertz CT molecular complexity index is 1670. The van der Waals surface area contributed by atoms with Crippen molar-refractivity contribution in [1.82, 2.24) is 0 Å². The van der Waals surface area contributed by atoms with Crippen molar-refractivity contribution in [2.75, 3.05) is 47.5 Å². The van der Waals surface area contributed by atoms with Gasteiger partial charge in [-0.1, -0.05) is 371 Å². The van der Waals surface area contributed by atoms with E-state index in [4.69, 9.17) is 18.9 Å². The van der Waals surface area contributed by atoms with Crippen LogP contribution in [0.4, 0.5) is 0 Å². The second kappa shape index (κ2) is 75.0. The first kappa shape index (κ1) is 90.2. The number of rotatable bonds is 77. The zero-order valence-electron chi connectivity index (χ0n) is 62.7. The zero-order valence-corrected chi connectivity index (χ0v) is 62.7. The molecule has 0 aliphatic heterocycles. The van der Waals surface area contributed by atoms with Gasteiger partial charge in [0.15, 0.2) is 12.4 Å². The largest absolute Gasteiger partial charge is 0.545 e. The van der Waals surface area contributed by atoms with Crippen molar-refractivity contribution in [2.45, 2.75) is 424 Å². The van der Waals surface area contributed by atoms with Crippen molar-refractivity contribution in [3.8, 4) is 0 Å². The molecule has 2 atom stereocenters. The maximum atomic E-state index is 13.0. The Labute approximate surface area is 578 Å². The van der Waals surface area contributed by atoms with Crippen molar-refractivity contribution in [3.63, 3.8) is 0 Å². The molecule has 0 fully saturated rings. The molecule has 0 radical (unpaired) electrons. The molecule has 0 bridgehead atoms. The summed E-state index contributed by atoms with van der Waals surface area (Å²) in [4.78, 5) is 37.6. The second-order valence-electron chi connectivity index (χ2n) is 29.1. The van der Waals surface area contributed by atoms with Crippen LogP contribution in [0.1, 0.15) is 412 Å². The minimum absolute atomic E-state index is 0.151. The van der Waals surface area contributed by atoms with Gasteiger partial charge < -0.3 is 33.3 Å². The number of nitrogens with zero attached hydrogens (tertiary/aromatic N) is 1. The van der Waals surface area contributed by atoms with E-state index in [2.05, 4.69) is 62.5 Å². The maximum absolute atomic E-state index is 13.0. The fraction of sp³-hybridized carbons (Fsp3) is 0.869. The summed E-state index contributed by atoms with van der Waals surface area (Å²) in [5, 5.41) is 11.9. The highest BCUT2D eigenvalue weighted by Crippen LogP contribution is 2.20. The molecule has 0 aliphatic rings. The van der Waals surface area contributed by atoms with E-state index in [0.717, 1.165) is 51.4 Å². The van der Waals surface area contributed by atoms with Crippen molar-refractivity contribution in [1.29, 1.82) is 0 Å². The molecule has 0 heterocycles. The van der Waals surface area contributed by atoms with Crippen LogP contribution in [0.15, 0.2) is 48.6 Å². The predicted molar refractivity (Wildman–Crippen MR) is 399 cm³/mol. The number of carbonyl (C=O) groups is 3. The second-order valence-corrected chi connectivity index (χ2v) is 29.1. The Morgan fingerprint density at radius 2 is 0.581 bits per heavy atom. The number of aliphatic carboxylic acids is 1. The fourth-order valence-electron chi connectivity index (χ4n) is 12.3. The third-order valence-corrected chi connectivity index (χ3v) is 18.5. The molecule has 93 heavy (non-hydrogen) atoms. The molecule has 0 aliphatic carbocycles. The zero-order chi connectivity index (χ0) is 67.5. The number of carboxylic acid groups (broad SMARTS) is 1. The van der Waals surface area contributed by atoms with Crippen LogP contribution in [0.3, 0.4) is 0 Å². The summed E-state index contributed by atoms with van der Waals surface area (Å²) in [5.74, 6) is -2.25. The summed E-state index contributed by atoms with van der Waals surface area (Å²) < 4.78 is 22.9. The Balaban J connectivity index is 3.96. The number of hydrogen-bond acceptors (Lipinski definition) is 8. The summed E-state index contributed by atoms with van der Waals surface area (Å²) in [7, 11) is 5.95. The Morgan fingerprint density at radius 1 is 0.323 bits per heavy atom. The van der Waals surface area contributed by atoms with Crippen LogP contribution in [0.25, 0.3) is 0 Å². The summed E-state index contributed by atoms with van der Waals surface area (Å²) in [5.41, 5.74) is 0. The first-order valence-electron chi connectivity index (χ1n) is 40.8. The quantitative estimate of drug-likeness (QED) is 0.0195. The van der Waals surface area contributed by atoms with Crippen molar-refractivity contribution >= 4 is 17.9 Å². The number of esters is 2. The van der Waals surface area contributed by atoms with E-state index >= 15 is 0 Å². The average molecular weight is 1310 g/mol. The minimum Gasteiger partial charge on any atom is -0.545 e. The van der Waals surface area contributed by atoms with Crippen molar-refractivity contribution in [3.05, 3.63) is 48.6 Å². The van der Waals surface area contributed by atoms with Crippen LogP contribution in [-0.2, 0) is 33.3 Å². The van der Waals surface area contributed by atoms with Crippen molar-refractivity contribution in [2.24, 2.45) is 0 Å². The van der Waals surface area contributed by atoms with Gasteiger partial charge in [0.1, 0.15) is 13.2 Å². The molecule has 9 nitrogen and oxygen atoms in total. The van der Waals surface area contributed by atoms with Crippen LogP contribution >= 0.6 is 0 Å². The van der Waals surface area contributed by atoms with E-state index in [1.165, 1.54) is 334 Å². The SMILES string of the molecule is CCCCCCC/C=C\C/C=C\C/C=C\CCCCCCCCCCCCCCCCCCCCCCCCCCC(=O)OC(COC(=O)CCCCCCCCCCCCCCCCCCC/C=C\CCCCCCCCCC)COC(OCC[N+](C)(C)C)C(=O)[O-]. The van der Waals surface area contributed by atoms with Gasteiger partial charge in [-0.25, -0.2) is 0 Å². The molecule has 2 unspecified atom stereocenters. The lowest BCUT2D eigenvalue weighted by molar-refractivity contribution is -0.870. The van der Waals surface area contributed by atoms with E-state index in [1.807, 2.05) is 21.1 Å². The molecule has 9 heteroatoms. The third-order valence-electron chi connectivity index (χ3n) is 18.5. The van der Waals surface area contributed by atoms with Crippen LogP contribution in [0.2, 0.25) is 0 Å². The van der Waals surface area contributed by atoms with E-state index in [9.17, 15) is 19.5 Å². The molecule has 0 spiro atoms. The predicted octanol–water partition coefficient (Wildman–Crippen LogP) is 24.7. The van der Waals surface area contributed by atoms with Gasteiger partial charge in [0.2, 0.25) is 0 Å². The van der Waals surface area contributed by atoms with Gasteiger partial charge in [-0.05, 0) is 77.0 Å². The summed E-state index contributed by atoms with van der Waals surface area (Å²) >= 11 is 0. The topological polar surface area (TPSA) is 111 Å². The Kier molecular flexibility index (Phi) is 72.8. The molecule has 546 valence electrons. The Hall–Kier alpha value is -2.75. The molecule has 0 aromatic rings. The molecule has 0 rings (SSSR count). The van der Waals surface area contributed by atoms with E-state index in [1.54, 1.807) is 0 Å². The summed E-state index contributed by atoms with van der Waals surface area (Å²) in [6, 6.07) is 0. The number of carbonyl (C=O) groups excluding carboxylic acids is 3. The Morgan fingerprint density at radius 3 is 0.871 bits per heavy atom. The highest BCUT2D eigenvalue weighted by atomic mass is 16.7. The molecule has 0 N–H and O–H groups in total. The first-order chi connectivity index (χ1) is 45.6. The molecule has 0 saturated heterocycles. The van der Waals surface area contributed by atoms with E-state index in [-0.39, 0.29) is 32.2 Å². The number of hydrogen-bond donors (Lipinski definition) is 0. The summed E-state index contributed by atoms with van der Waals surface area (Å²) in [6.07, 6.45) is 95.3. The van der Waals surface area contributed by atoms with E-state index in [0.29, 0.717) is 17.4 Å². The molecular weight excluding hydrogens is 1150 g/mol. The average Bonchev–Trinajstić information content (AvgIpc) is 3.38. The maximum Gasteiger partial charge on any atom is 0.306 e. The van der Waals surface area contributed by atoms with Gasteiger partial charge in [0, 0.05) is 12.8 Å². The van der Waals surface area contributed by atoms with Crippen LogP contribution in [0.5, 0.6) is 0 Å². The molecular formula is C84H157NO8. The lowest BCUT2D eigenvalue weighted by Crippen LogP contribution is -2.44. The monoisotopic (exact) mass is 1310 g/mol. The van der Waals surface area contributed by atoms with Crippen LogP contribution in [0, 0.1) is 0 Å². The minimum atomic E-state index is -1.62. The lowest BCUT2D eigenvalue weighted by Gasteiger charge is -2.26. The molecule has 0 saturated carbocycles. The molecule has 0 aromatic heterocycles. The first-order valence-corrected chi connectivity index (χ1v) is 40.8.